The van der Waals surface area contributed by atoms with E-state index in [1.165, 1.54) is 14.2 Å². The van der Waals surface area contributed by atoms with Gasteiger partial charge in [0, 0.05) is 26.1 Å². The van der Waals surface area contributed by atoms with Crippen LogP contribution >= 0.6 is 0 Å². The van der Waals surface area contributed by atoms with Gasteiger partial charge < -0.3 is 113 Å². The highest BCUT2D eigenvalue weighted by molar-refractivity contribution is 4.95. The molecule has 23 heteroatoms. The number of methoxy groups -OCH3 is 2. The van der Waals surface area contributed by atoms with Crippen molar-refractivity contribution in [2.75, 3.05) is 88.2 Å². The highest BCUT2D eigenvalue weighted by Gasteiger charge is 2.52. The summed E-state index contributed by atoms with van der Waals surface area (Å²) < 4.78 is 62.9. The molecule has 0 bridgehead atoms. The first-order chi connectivity index (χ1) is 28.3. The van der Waals surface area contributed by atoms with Gasteiger partial charge in [-0.25, -0.2) is 0 Å². The molecule has 0 aliphatic carbocycles. The molecule has 4 saturated heterocycles. The van der Waals surface area contributed by atoms with Gasteiger partial charge in [0.25, 0.3) is 0 Å². The van der Waals surface area contributed by atoms with E-state index in [1.807, 2.05) is 21.1 Å². The predicted molar refractivity (Wildman–Crippen MR) is 199 cm³/mol. The van der Waals surface area contributed by atoms with Crippen LogP contribution in [0.4, 0.5) is 0 Å². The Hall–Kier alpha value is -0.920. The van der Waals surface area contributed by atoms with Crippen molar-refractivity contribution in [3.8, 4) is 0 Å². The molecule has 4 rings (SSSR count). The molecule has 4 aliphatic heterocycles. The van der Waals surface area contributed by atoms with Crippen LogP contribution in [0, 0.1) is 11.8 Å². The average Bonchev–Trinajstić information content (AvgIpc) is 3.20. The van der Waals surface area contributed by atoms with Crippen molar-refractivity contribution in [2.24, 2.45) is 11.8 Å². The van der Waals surface area contributed by atoms with Gasteiger partial charge in [0.15, 0.2) is 25.2 Å². The lowest BCUT2D eigenvalue weighted by molar-refractivity contribution is -0.873. The number of ether oxygens (including phenoxy) is 11. The Balaban J connectivity index is 1.38. The van der Waals surface area contributed by atoms with Crippen molar-refractivity contribution in [1.82, 2.24) is 0 Å². The maximum absolute atomic E-state index is 11.5. The fraction of sp³-hybridized carbons (Fsp3) is 1.00. The van der Waals surface area contributed by atoms with Crippen LogP contribution in [0.15, 0.2) is 0 Å². The molecule has 60 heavy (non-hydrogen) atoms. The molecule has 23 nitrogen and oxygen atoms in total. The van der Waals surface area contributed by atoms with Crippen molar-refractivity contribution < 1.29 is 113 Å². The number of hydrogen-bond donors (Lipinski definition) is 11. The monoisotopic (exact) mass is 880 g/mol. The van der Waals surface area contributed by atoms with Gasteiger partial charge in [0.2, 0.25) is 0 Å². The predicted octanol–water partition coefficient (Wildman–Crippen LogP) is -6.42. The minimum absolute atomic E-state index is 0.0255. The maximum Gasteiger partial charge on any atom is 0.187 e. The second-order valence-corrected chi connectivity index (χ2v) is 17.0. The summed E-state index contributed by atoms with van der Waals surface area (Å²) in [5.74, 6) is -1.37. The van der Waals surface area contributed by atoms with E-state index < -0.39 is 154 Å². The Bertz CT molecular complexity index is 1230. The maximum atomic E-state index is 11.5. The second-order valence-electron chi connectivity index (χ2n) is 17.0. The molecule has 22 atom stereocenters. The molecule has 4 heterocycles. The first kappa shape index (κ1) is 51.7. The molecular weight excluding hydrogens is 810 g/mol. The Kier molecular flexibility index (Phi) is 20.1. The van der Waals surface area contributed by atoms with Crippen molar-refractivity contribution in [1.29, 1.82) is 0 Å². The van der Waals surface area contributed by atoms with Gasteiger partial charge in [0.05, 0.1) is 91.8 Å². The van der Waals surface area contributed by atoms with Crippen LogP contribution in [0.2, 0.25) is 0 Å². The van der Waals surface area contributed by atoms with Crippen LogP contribution in [-0.2, 0) is 52.1 Å². The SMILES string of the molecule is CO[C@@H]1OC(CO)[C@@H](O[C@@H]2OC(COCC(O)COC3C(O)[C@H](C)C(COCC(O)C[N+](C)(C)C)O[C@H]3O[C@@H]3C(CO)O[C@@H](OC)C(O)[C@H]3O)[C@@H](C)C(O)C2O)[C@H](O)C1O. The van der Waals surface area contributed by atoms with E-state index in [2.05, 4.69) is 0 Å². The van der Waals surface area contributed by atoms with E-state index in [4.69, 9.17) is 52.1 Å². The summed E-state index contributed by atoms with van der Waals surface area (Å²) in [5.41, 5.74) is 0. The van der Waals surface area contributed by atoms with Crippen LogP contribution < -0.4 is 0 Å². The quantitative estimate of drug-likeness (QED) is 0.0478. The molecule has 0 saturated carbocycles. The highest BCUT2D eigenvalue weighted by atomic mass is 16.8. The summed E-state index contributed by atoms with van der Waals surface area (Å²) in [7, 11) is 8.24. The number of rotatable bonds is 21. The fourth-order valence-electron chi connectivity index (χ4n) is 7.64. The lowest BCUT2D eigenvalue weighted by Gasteiger charge is -2.47. The number of quaternary nitrogens is 1. The average molecular weight is 881 g/mol. The Morgan fingerprint density at radius 1 is 0.500 bits per heavy atom. The smallest absolute Gasteiger partial charge is 0.187 e. The van der Waals surface area contributed by atoms with E-state index in [0.717, 1.165) is 0 Å². The van der Waals surface area contributed by atoms with E-state index in [9.17, 15) is 56.2 Å². The summed E-state index contributed by atoms with van der Waals surface area (Å²) in [6.45, 7) is 1.23. The number of hydrogen-bond acceptors (Lipinski definition) is 22. The molecule has 0 aromatic heterocycles. The summed E-state index contributed by atoms with van der Waals surface area (Å²) in [5, 5.41) is 117. The largest absolute Gasteiger partial charge is 0.394 e. The fourth-order valence-corrected chi connectivity index (χ4v) is 7.64. The highest BCUT2D eigenvalue weighted by Crippen LogP contribution is 2.34. The summed E-state index contributed by atoms with van der Waals surface area (Å²) in [4.78, 5) is 0. The van der Waals surface area contributed by atoms with Gasteiger partial charge in [-0.05, 0) is 0 Å². The molecule has 0 spiro atoms. The van der Waals surface area contributed by atoms with Crippen LogP contribution in [0.3, 0.4) is 0 Å². The zero-order valence-corrected chi connectivity index (χ0v) is 35.2. The minimum Gasteiger partial charge on any atom is -0.394 e. The van der Waals surface area contributed by atoms with Crippen LogP contribution in [0.5, 0.6) is 0 Å². The number of aliphatic hydroxyl groups excluding tert-OH is 11. The van der Waals surface area contributed by atoms with Gasteiger partial charge in [-0.2, -0.15) is 0 Å². The van der Waals surface area contributed by atoms with E-state index >= 15 is 0 Å². The Labute approximate surface area is 349 Å². The van der Waals surface area contributed by atoms with Crippen molar-refractivity contribution in [2.45, 2.75) is 137 Å². The van der Waals surface area contributed by atoms with Gasteiger partial charge in [-0.15, -0.1) is 0 Å². The van der Waals surface area contributed by atoms with Crippen LogP contribution in [0.1, 0.15) is 13.8 Å². The molecule has 0 amide bonds. The molecule has 4 fully saturated rings. The summed E-state index contributed by atoms with van der Waals surface area (Å²) >= 11 is 0. The van der Waals surface area contributed by atoms with Crippen LogP contribution in [0.25, 0.3) is 0 Å². The second kappa shape index (κ2) is 23.3. The van der Waals surface area contributed by atoms with Gasteiger partial charge in [0.1, 0.15) is 79.8 Å². The third kappa shape index (κ3) is 13.1. The van der Waals surface area contributed by atoms with Crippen molar-refractivity contribution >= 4 is 0 Å². The van der Waals surface area contributed by atoms with Gasteiger partial charge in [-0.1, -0.05) is 13.8 Å². The van der Waals surface area contributed by atoms with Gasteiger partial charge >= 0.3 is 0 Å². The Morgan fingerprint density at radius 3 is 1.38 bits per heavy atom. The lowest BCUT2D eigenvalue weighted by Crippen LogP contribution is -2.64. The number of nitrogens with zero attached hydrogens (tertiary/aromatic N) is 1. The van der Waals surface area contributed by atoms with E-state index in [0.29, 0.717) is 11.0 Å². The molecular formula is C37H70NO22+. The minimum atomic E-state index is -1.64. The first-order valence-corrected chi connectivity index (χ1v) is 20.2. The molecule has 0 aromatic carbocycles. The molecule has 354 valence electrons. The summed E-state index contributed by atoms with van der Waals surface area (Å²) in [6.07, 6.45) is -26.7. The third-order valence-corrected chi connectivity index (χ3v) is 11.2. The normalized spacial score (nSPS) is 44.1. The summed E-state index contributed by atoms with van der Waals surface area (Å²) in [6, 6.07) is 0. The Morgan fingerprint density at radius 2 is 0.917 bits per heavy atom. The van der Waals surface area contributed by atoms with Crippen LogP contribution in [-0.4, -0.2) is 272 Å². The number of aliphatic hydroxyl groups is 11. The molecule has 0 radical (unpaired) electrons. The molecule has 12 unspecified atom stereocenters. The zero-order valence-electron chi connectivity index (χ0n) is 35.2. The standard InChI is InChI=1S/C37H70NO22/c1-16-22(57-36(28(47)24(16)43)59-31-20(9-39)55-34(50-6)29(48)26(31)45)14-53-12-19(42)13-54-33-25(44)17(2)23(15-52-11-18(41)8-38(3,4)5)58-37(33)60-32-21(10-40)56-35(51-7)30(49)27(32)46/h16-37,39-49H,8-15H2,1-7H3/q+1/t16-,17-,18?,19?,20?,21?,22?,23?,24?,25?,26-,27-,28?,29?,30?,31-,32-,33?,34-,35-,36+,37+/m1/s1. The lowest BCUT2D eigenvalue weighted by atomic mass is 9.90. The first-order valence-electron chi connectivity index (χ1n) is 20.2. The topological polar surface area (TPSA) is 324 Å². The molecule has 0 aromatic rings. The number of likely N-dealkylation sites (N-methyl/N-ethyl adjacent to an activating group) is 1. The molecule has 4 aliphatic rings. The van der Waals surface area contributed by atoms with Gasteiger partial charge in [-0.3, -0.25) is 0 Å². The molecule has 11 N–H and O–H groups in total. The van der Waals surface area contributed by atoms with Crippen molar-refractivity contribution in [3.63, 3.8) is 0 Å². The third-order valence-electron chi connectivity index (χ3n) is 11.2. The van der Waals surface area contributed by atoms with Crippen molar-refractivity contribution in [3.05, 3.63) is 0 Å². The van der Waals surface area contributed by atoms with E-state index in [-0.39, 0.29) is 26.4 Å². The van der Waals surface area contributed by atoms with E-state index in [1.54, 1.807) is 13.8 Å². The zero-order chi connectivity index (χ0) is 44.6.